The lowest BCUT2D eigenvalue weighted by Gasteiger charge is -2.19. The van der Waals surface area contributed by atoms with E-state index in [2.05, 4.69) is 17.4 Å². The van der Waals surface area contributed by atoms with E-state index in [0.717, 1.165) is 30.9 Å². The summed E-state index contributed by atoms with van der Waals surface area (Å²) >= 11 is 0. The molecule has 3 rings (SSSR count). The van der Waals surface area contributed by atoms with Crippen molar-refractivity contribution in [2.75, 3.05) is 20.3 Å². The highest BCUT2D eigenvalue weighted by Crippen LogP contribution is 2.32. The van der Waals surface area contributed by atoms with Crippen LogP contribution in [0.3, 0.4) is 0 Å². The van der Waals surface area contributed by atoms with Gasteiger partial charge in [-0.15, -0.1) is 0 Å². The van der Waals surface area contributed by atoms with Crippen molar-refractivity contribution in [1.82, 2.24) is 5.32 Å². The van der Waals surface area contributed by atoms with E-state index in [-0.39, 0.29) is 6.10 Å². The van der Waals surface area contributed by atoms with Crippen LogP contribution >= 0.6 is 0 Å². The van der Waals surface area contributed by atoms with Crippen molar-refractivity contribution >= 4 is 0 Å². The second-order valence-corrected chi connectivity index (χ2v) is 5.72. The molecule has 3 heteroatoms. The zero-order valence-electron chi connectivity index (χ0n) is 11.6. The molecule has 0 heterocycles. The first-order valence-corrected chi connectivity index (χ1v) is 7.34. The highest BCUT2D eigenvalue weighted by Gasteiger charge is 2.26. The number of benzene rings is 1. The van der Waals surface area contributed by atoms with Crippen LogP contribution in [-0.4, -0.2) is 26.3 Å². The van der Waals surface area contributed by atoms with Gasteiger partial charge in [-0.05, 0) is 49.3 Å². The van der Waals surface area contributed by atoms with E-state index in [4.69, 9.17) is 9.47 Å². The predicted molar refractivity (Wildman–Crippen MR) is 75.4 cm³/mol. The van der Waals surface area contributed by atoms with E-state index in [1.807, 2.05) is 12.1 Å². The van der Waals surface area contributed by atoms with E-state index in [1.54, 1.807) is 7.11 Å². The van der Waals surface area contributed by atoms with E-state index in [0.29, 0.717) is 0 Å². The molecule has 1 aromatic rings. The van der Waals surface area contributed by atoms with Crippen molar-refractivity contribution in [3.8, 4) is 5.75 Å². The third kappa shape index (κ3) is 3.95. The molecule has 104 valence electrons. The summed E-state index contributed by atoms with van der Waals surface area (Å²) in [6, 6.07) is 8.97. The average Bonchev–Trinajstić information content (AvgIpc) is 3.32. The SMILES string of the molecule is COc1cccc(C(CNC2CC2)OCC2CC2)c1. The molecule has 0 amide bonds. The van der Waals surface area contributed by atoms with Gasteiger partial charge in [0.25, 0.3) is 0 Å². The van der Waals surface area contributed by atoms with Crippen molar-refractivity contribution in [3.63, 3.8) is 0 Å². The standard InChI is InChI=1S/C16H23NO2/c1-18-15-4-2-3-13(9-15)16(10-17-14-7-8-14)19-11-12-5-6-12/h2-4,9,12,14,16-17H,5-8,10-11H2,1H3. The van der Waals surface area contributed by atoms with Crippen LogP contribution in [0.4, 0.5) is 0 Å². The lowest BCUT2D eigenvalue weighted by atomic mass is 10.1. The Hall–Kier alpha value is -1.06. The number of rotatable bonds is 8. The Morgan fingerprint density at radius 1 is 1.26 bits per heavy atom. The molecule has 0 saturated heterocycles. The average molecular weight is 261 g/mol. The molecule has 0 spiro atoms. The van der Waals surface area contributed by atoms with Gasteiger partial charge in [0.2, 0.25) is 0 Å². The number of ether oxygens (including phenoxy) is 2. The summed E-state index contributed by atoms with van der Waals surface area (Å²) in [6.45, 7) is 1.80. The molecule has 2 aliphatic rings. The number of hydrogen-bond acceptors (Lipinski definition) is 3. The maximum absolute atomic E-state index is 6.11. The summed E-state index contributed by atoms with van der Waals surface area (Å²) < 4.78 is 11.4. The van der Waals surface area contributed by atoms with Crippen LogP contribution in [0.1, 0.15) is 37.4 Å². The molecule has 1 aromatic carbocycles. The molecule has 0 aliphatic heterocycles. The number of nitrogens with one attached hydrogen (secondary N) is 1. The molecular formula is C16H23NO2. The maximum Gasteiger partial charge on any atom is 0.119 e. The summed E-state index contributed by atoms with van der Waals surface area (Å²) in [5.41, 5.74) is 1.22. The molecule has 0 bridgehead atoms. The van der Waals surface area contributed by atoms with Crippen LogP contribution in [0.2, 0.25) is 0 Å². The van der Waals surface area contributed by atoms with Gasteiger partial charge < -0.3 is 14.8 Å². The minimum atomic E-state index is 0.149. The zero-order chi connectivity index (χ0) is 13.1. The largest absolute Gasteiger partial charge is 0.497 e. The monoisotopic (exact) mass is 261 g/mol. The fraction of sp³-hybridized carbons (Fsp3) is 0.625. The number of methoxy groups -OCH3 is 1. The molecule has 19 heavy (non-hydrogen) atoms. The summed E-state index contributed by atoms with van der Waals surface area (Å²) in [6.07, 6.45) is 5.44. The first-order chi connectivity index (χ1) is 9.35. The fourth-order valence-electron chi connectivity index (χ4n) is 2.21. The highest BCUT2D eigenvalue weighted by atomic mass is 16.5. The molecule has 1 N–H and O–H groups in total. The molecule has 2 saturated carbocycles. The van der Waals surface area contributed by atoms with Gasteiger partial charge in [-0.3, -0.25) is 0 Å². The van der Waals surface area contributed by atoms with Gasteiger partial charge >= 0.3 is 0 Å². The molecule has 0 aromatic heterocycles. The molecule has 1 atom stereocenters. The van der Waals surface area contributed by atoms with Crippen molar-refractivity contribution in [3.05, 3.63) is 29.8 Å². The Morgan fingerprint density at radius 2 is 2.11 bits per heavy atom. The molecule has 2 fully saturated rings. The third-order valence-electron chi connectivity index (χ3n) is 3.86. The van der Waals surface area contributed by atoms with Gasteiger partial charge in [0.15, 0.2) is 0 Å². The quantitative estimate of drug-likeness (QED) is 0.780. The van der Waals surface area contributed by atoms with Gasteiger partial charge in [0, 0.05) is 12.6 Å². The molecule has 3 nitrogen and oxygen atoms in total. The van der Waals surface area contributed by atoms with E-state index in [1.165, 1.54) is 31.2 Å². The van der Waals surface area contributed by atoms with Crippen LogP contribution in [0.5, 0.6) is 5.75 Å². The van der Waals surface area contributed by atoms with Gasteiger partial charge in [-0.25, -0.2) is 0 Å². The Labute approximate surface area is 115 Å². The predicted octanol–water partition coefficient (Wildman–Crippen LogP) is 2.91. The second-order valence-electron chi connectivity index (χ2n) is 5.72. The van der Waals surface area contributed by atoms with Crippen LogP contribution in [-0.2, 0) is 4.74 Å². The normalized spacial score (nSPS) is 20.3. The number of hydrogen-bond donors (Lipinski definition) is 1. The lowest BCUT2D eigenvalue weighted by Crippen LogP contribution is -2.25. The van der Waals surface area contributed by atoms with Crippen molar-refractivity contribution in [1.29, 1.82) is 0 Å². The fourth-order valence-corrected chi connectivity index (χ4v) is 2.21. The van der Waals surface area contributed by atoms with Crippen LogP contribution in [0, 0.1) is 5.92 Å². The Morgan fingerprint density at radius 3 is 2.79 bits per heavy atom. The van der Waals surface area contributed by atoms with E-state index in [9.17, 15) is 0 Å². The van der Waals surface area contributed by atoms with Gasteiger partial charge in [0.05, 0.1) is 19.8 Å². The molecule has 0 radical (unpaired) electrons. The summed E-state index contributed by atoms with van der Waals surface area (Å²) in [7, 11) is 1.71. The third-order valence-corrected chi connectivity index (χ3v) is 3.86. The van der Waals surface area contributed by atoms with Crippen LogP contribution in [0.25, 0.3) is 0 Å². The van der Waals surface area contributed by atoms with Gasteiger partial charge in [-0.2, -0.15) is 0 Å². The van der Waals surface area contributed by atoms with Crippen molar-refractivity contribution in [2.45, 2.75) is 37.8 Å². The summed E-state index contributed by atoms with van der Waals surface area (Å²) in [5.74, 6) is 1.71. The Bertz CT molecular complexity index is 397. The summed E-state index contributed by atoms with van der Waals surface area (Å²) in [4.78, 5) is 0. The van der Waals surface area contributed by atoms with E-state index < -0.39 is 0 Å². The second kappa shape index (κ2) is 5.93. The smallest absolute Gasteiger partial charge is 0.119 e. The van der Waals surface area contributed by atoms with Crippen LogP contribution < -0.4 is 10.1 Å². The van der Waals surface area contributed by atoms with Gasteiger partial charge in [0.1, 0.15) is 5.75 Å². The minimum absolute atomic E-state index is 0.149. The van der Waals surface area contributed by atoms with E-state index >= 15 is 0 Å². The lowest BCUT2D eigenvalue weighted by molar-refractivity contribution is 0.0448. The van der Waals surface area contributed by atoms with Crippen LogP contribution in [0.15, 0.2) is 24.3 Å². The molecular weight excluding hydrogens is 238 g/mol. The minimum Gasteiger partial charge on any atom is -0.497 e. The van der Waals surface area contributed by atoms with Gasteiger partial charge in [-0.1, -0.05) is 12.1 Å². The molecule has 2 aliphatic carbocycles. The zero-order valence-corrected chi connectivity index (χ0v) is 11.6. The van der Waals surface area contributed by atoms with Crippen molar-refractivity contribution in [2.24, 2.45) is 5.92 Å². The molecule has 1 unspecified atom stereocenters. The Balaban J connectivity index is 1.63. The highest BCUT2D eigenvalue weighted by molar-refractivity contribution is 5.30. The summed E-state index contributed by atoms with van der Waals surface area (Å²) in [5, 5.41) is 3.57. The topological polar surface area (TPSA) is 30.5 Å². The first-order valence-electron chi connectivity index (χ1n) is 7.34. The maximum atomic E-state index is 6.11. The first kappa shape index (κ1) is 12.9. The van der Waals surface area contributed by atoms with Crippen molar-refractivity contribution < 1.29 is 9.47 Å². The Kier molecular flexibility index (Phi) is 4.04.